The number of piperidine rings is 1. The summed E-state index contributed by atoms with van der Waals surface area (Å²) in [5.74, 6) is 0.294. The fraction of sp³-hybridized carbons (Fsp3) is 0.455. The monoisotopic (exact) mass is 431 g/mol. The zero-order chi connectivity index (χ0) is 21.6. The molecule has 0 saturated carbocycles. The lowest BCUT2D eigenvalue weighted by Gasteiger charge is -2.31. The van der Waals surface area contributed by atoms with Crippen LogP contribution < -0.4 is 10.0 Å². The summed E-state index contributed by atoms with van der Waals surface area (Å²) >= 11 is 0. The van der Waals surface area contributed by atoms with Crippen LogP contribution >= 0.6 is 0 Å². The first-order valence-corrected chi connectivity index (χ1v) is 11.9. The van der Waals surface area contributed by atoms with E-state index >= 15 is 0 Å². The van der Waals surface area contributed by atoms with Crippen LogP contribution in [0.1, 0.15) is 32.6 Å². The van der Waals surface area contributed by atoms with E-state index in [1.54, 1.807) is 18.2 Å². The smallest absolute Gasteiger partial charge is 0.240 e. The molecule has 7 nitrogen and oxygen atoms in total. The lowest BCUT2D eigenvalue weighted by molar-refractivity contribution is -0.132. The van der Waals surface area contributed by atoms with Gasteiger partial charge >= 0.3 is 0 Å². The van der Waals surface area contributed by atoms with Crippen molar-refractivity contribution in [3.63, 3.8) is 0 Å². The Balaban J connectivity index is 1.40. The topological polar surface area (TPSA) is 95.6 Å². The highest BCUT2D eigenvalue weighted by molar-refractivity contribution is 7.89. The first-order valence-electron chi connectivity index (χ1n) is 10.4. The van der Waals surface area contributed by atoms with E-state index in [1.807, 2.05) is 29.2 Å². The number of hydrogen-bond donors (Lipinski definition) is 2. The molecule has 1 unspecified atom stereocenters. The lowest BCUT2D eigenvalue weighted by atomic mass is 10.00. The van der Waals surface area contributed by atoms with Gasteiger partial charge in [0.05, 0.1) is 4.90 Å². The highest BCUT2D eigenvalue weighted by Crippen LogP contribution is 2.19. The lowest BCUT2D eigenvalue weighted by Crippen LogP contribution is -2.40. The third-order valence-electron chi connectivity index (χ3n) is 5.35. The predicted octanol–water partition coefficient (Wildman–Crippen LogP) is 2.27. The van der Waals surface area contributed by atoms with Crippen LogP contribution in [0.2, 0.25) is 0 Å². The van der Waals surface area contributed by atoms with Gasteiger partial charge in [0.2, 0.25) is 21.8 Å². The van der Waals surface area contributed by atoms with Crippen LogP contribution in [0.5, 0.6) is 0 Å². The van der Waals surface area contributed by atoms with E-state index in [1.165, 1.54) is 0 Å². The van der Waals surface area contributed by atoms with Crippen LogP contribution in [0, 0.1) is 5.92 Å². The Bertz CT molecular complexity index is 1010. The Hall–Kier alpha value is -2.45. The van der Waals surface area contributed by atoms with Gasteiger partial charge in [0, 0.05) is 39.0 Å². The number of carbonyl (C=O) groups is 2. The molecule has 1 aliphatic heterocycles. The SMILES string of the molecule is CC1CCCN(C(=O)CCNC(=O)CCNS(=O)(=O)c2ccc3ccccc3c2)C1. The molecule has 1 heterocycles. The summed E-state index contributed by atoms with van der Waals surface area (Å²) in [6, 6.07) is 12.5. The van der Waals surface area contributed by atoms with Gasteiger partial charge in [0.25, 0.3) is 0 Å². The van der Waals surface area contributed by atoms with E-state index in [0.29, 0.717) is 5.92 Å². The highest BCUT2D eigenvalue weighted by Gasteiger charge is 2.20. The van der Waals surface area contributed by atoms with Gasteiger partial charge in [-0.1, -0.05) is 37.3 Å². The van der Waals surface area contributed by atoms with Crippen molar-refractivity contribution >= 4 is 32.6 Å². The van der Waals surface area contributed by atoms with Crippen LogP contribution in [0.15, 0.2) is 47.4 Å². The van der Waals surface area contributed by atoms with E-state index in [2.05, 4.69) is 17.0 Å². The second kappa shape index (κ2) is 10.0. The standard InChI is InChI=1S/C22H29N3O4S/c1-17-5-4-14-25(16-17)22(27)11-12-23-21(26)10-13-24-30(28,29)20-9-8-18-6-2-3-7-19(18)15-20/h2-3,6-9,15,17,24H,4-5,10-14,16H2,1H3,(H,23,26). The Kier molecular flexibility index (Phi) is 7.44. The summed E-state index contributed by atoms with van der Waals surface area (Å²) in [4.78, 5) is 26.2. The van der Waals surface area contributed by atoms with E-state index in [9.17, 15) is 18.0 Å². The van der Waals surface area contributed by atoms with Crippen molar-refractivity contribution in [1.82, 2.24) is 14.9 Å². The molecule has 2 aromatic rings. The number of fused-ring (bicyclic) bond motifs is 1. The van der Waals surface area contributed by atoms with Crippen molar-refractivity contribution in [3.05, 3.63) is 42.5 Å². The van der Waals surface area contributed by atoms with Crippen molar-refractivity contribution in [2.45, 2.75) is 37.5 Å². The Labute approximate surface area is 177 Å². The average molecular weight is 432 g/mol. The molecule has 0 aliphatic carbocycles. The van der Waals surface area contributed by atoms with Crippen molar-refractivity contribution in [2.75, 3.05) is 26.2 Å². The maximum Gasteiger partial charge on any atom is 0.240 e. The van der Waals surface area contributed by atoms with E-state index in [0.717, 1.165) is 36.7 Å². The average Bonchev–Trinajstić information content (AvgIpc) is 2.73. The molecule has 2 aromatic carbocycles. The van der Waals surface area contributed by atoms with Gasteiger partial charge in [-0.2, -0.15) is 0 Å². The van der Waals surface area contributed by atoms with Gasteiger partial charge in [0.15, 0.2) is 0 Å². The second-order valence-corrected chi connectivity index (χ2v) is 9.61. The van der Waals surface area contributed by atoms with Crippen LogP contribution in [-0.4, -0.2) is 51.3 Å². The molecule has 1 saturated heterocycles. The molecule has 2 amide bonds. The summed E-state index contributed by atoms with van der Waals surface area (Å²) in [5, 5.41) is 4.49. The van der Waals surface area contributed by atoms with E-state index in [4.69, 9.17) is 0 Å². The third kappa shape index (κ3) is 6.03. The molecule has 0 radical (unpaired) electrons. The first-order chi connectivity index (χ1) is 14.3. The summed E-state index contributed by atoms with van der Waals surface area (Å²) in [7, 11) is -3.69. The second-order valence-electron chi connectivity index (χ2n) is 7.84. The zero-order valence-corrected chi connectivity index (χ0v) is 18.1. The predicted molar refractivity (Wildman–Crippen MR) is 116 cm³/mol. The fourth-order valence-electron chi connectivity index (χ4n) is 3.69. The number of sulfonamides is 1. The summed E-state index contributed by atoms with van der Waals surface area (Å²) in [5.41, 5.74) is 0. The summed E-state index contributed by atoms with van der Waals surface area (Å²) in [6.45, 7) is 3.97. The minimum atomic E-state index is -3.69. The van der Waals surface area contributed by atoms with Crippen LogP contribution in [0.3, 0.4) is 0 Å². The molecule has 8 heteroatoms. The summed E-state index contributed by atoms with van der Waals surface area (Å²) in [6.07, 6.45) is 2.45. The molecular weight excluding hydrogens is 402 g/mol. The first kappa shape index (κ1) is 22.2. The number of nitrogens with one attached hydrogen (secondary N) is 2. The van der Waals surface area contributed by atoms with Crippen molar-refractivity contribution < 1.29 is 18.0 Å². The largest absolute Gasteiger partial charge is 0.356 e. The quantitative estimate of drug-likeness (QED) is 0.670. The minimum Gasteiger partial charge on any atom is -0.356 e. The normalized spacial score (nSPS) is 17.1. The highest BCUT2D eigenvalue weighted by atomic mass is 32.2. The molecule has 1 atom stereocenters. The van der Waals surface area contributed by atoms with Crippen LogP contribution in [0.4, 0.5) is 0 Å². The van der Waals surface area contributed by atoms with Crippen LogP contribution in [0.25, 0.3) is 10.8 Å². The Morgan fingerprint density at radius 1 is 1.07 bits per heavy atom. The van der Waals surface area contributed by atoms with Crippen molar-refractivity contribution in [2.24, 2.45) is 5.92 Å². The molecule has 1 fully saturated rings. The molecule has 1 aliphatic rings. The molecule has 2 N–H and O–H groups in total. The fourth-order valence-corrected chi connectivity index (χ4v) is 4.75. The van der Waals surface area contributed by atoms with Gasteiger partial charge < -0.3 is 10.2 Å². The number of carbonyl (C=O) groups excluding carboxylic acids is 2. The molecular formula is C22H29N3O4S. The van der Waals surface area contributed by atoms with Gasteiger partial charge in [-0.05, 0) is 41.7 Å². The number of rotatable bonds is 8. The molecule has 0 spiro atoms. The molecule has 3 rings (SSSR count). The van der Waals surface area contributed by atoms with Gasteiger partial charge in [-0.25, -0.2) is 13.1 Å². The van der Waals surface area contributed by atoms with E-state index < -0.39 is 10.0 Å². The number of amides is 2. The van der Waals surface area contributed by atoms with Gasteiger partial charge in [-0.15, -0.1) is 0 Å². The zero-order valence-electron chi connectivity index (χ0n) is 17.3. The molecule has 30 heavy (non-hydrogen) atoms. The maximum absolute atomic E-state index is 12.5. The number of nitrogens with zero attached hydrogens (tertiary/aromatic N) is 1. The van der Waals surface area contributed by atoms with Crippen molar-refractivity contribution in [3.8, 4) is 0 Å². The molecule has 162 valence electrons. The van der Waals surface area contributed by atoms with Gasteiger partial charge in [0.1, 0.15) is 0 Å². The Morgan fingerprint density at radius 2 is 1.83 bits per heavy atom. The number of benzene rings is 2. The maximum atomic E-state index is 12.5. The van der Waals surface area contributed by atoms with Gasteiger partial charge in [-0.3, -0.25) is 9.59 Å². The minimum absolute atomic E-state index is 0.00141. The van der Waals surface area contributed by atoms with E-state index in [-0.39, 0.29) is 42.6 Å². The molecule has 0 bridgehead atoms. The van der Waals surface area contributed by atoms with Crippen LogP contribution in [-0.2, 0) is 19.6 Å². The number of hydrogen-bond acceptors (Lipinski definition) is 4. The molecule has 0 aromatic heterocycles. The number of likely N-dealkylation sites (tertiary alicyclic amines) is 1. The summed E-state index contributed by atoms with van der Waals surface area (Å²) < 4.78 is 27.4. The Morgan fingerprint density at radius 3 is 2.60 bits per heavy atom. The third-order valence-corrected chi connectivity index (χ3v) is 6.80. The van der Waals surface area contributed by atoms with Crippen molar-refractivity contribution in [1.29, 1.82) is 0 Å².